The molecule has 6 nitrogen and oxygen atoms in total. The highest BCUT2D eigenvalue weighted by molar-refractivity contribution is 6.07. The van der Waals surface area contributed by atoms with E-state index in [9.17, 15) is 9.59 Å². The number of aromatic nitrogens is 2. The number of H-pyrrole nitrogens is 1. The molecule has 6 heteroatoms. The van der Waals surface area contributed by atoms with Crippen molar-refractivity contribution in [2.75, 3.05) is 12.4 Å². The number of carbonyl (C=O) groups is 2. The number of carbonyl (C=O) groups excluding carboxylic acids is 2. The van der Waals surface area contributed by atoms with Crippen molar-refractivity contribution in [1.29, 1.82) is 0 Å². The van der Waals surface area contributed by atoms with Crippen LogP contribution in [0.1, 0.15) is 26.4 Å². The van der Waals surface area contributed by atoms with Crippen LogP contribution in [0.5, 0.6) is 0 Å². The topological polar surface area (TPSA) is 84.1 Å². The molecule has 1 amide bonds. The number of rotatable bonds is 3. The van der Waals surface area contributed by atoms with Gasteiger partial charge in [-0.1, -0.05) is 17.7 Å². The molecule has 0 spiro atoms. The van der Waals surface area contributed by atoms with Gasteiger partial charge in [-0.2, -0.15) is 5.10 Å². The summed E-state index contributed by atoms with van der Waals surface area (Å²) in [6.07, 6.45) is 0. The predicted octanol–water partition coefficient (Wildman–Crippen LogP) is 2.91. The van der Waals surface area contributed by atoms with Crippen molar-refractivity contribution in [2.24, 2.45) is 0 Å². The molecule has 1 heterocycles. The molecule has 0 atom stereocenters. The van der Waals surface area contributed by atoms with Gasteiger partial charge in [0.05, 0.1) is 12.6 Å². The van der Waals surface area contributed by atoms with Crippen molar-refractivity contribution >= 4 is 28.5 Å². The summed E-state index contributed by atoms with van der Waals surface area (Å²) < 4.78 is 4.70. The summed E-state index contributed by atoms with van der Waals surface area (Å²) >= 11 is 0. The highest BCUT2D eigenvalue weighted by atomic mass is 16.5. The monoisotopic (exact) mass is 309 g/mol. The van der Waals surface area contributed by atoms with Crippen molar-refractivity contribution in [3.63, 3.8) is 0 Å². The molecule has 116 valence electrons. The van der Waals surface area contributed by atoms with E-state index in [1.54, 1.807) is 30.3 Å². The maximum Gasteiger partial charge on any atom is 0.359 e. The number of methoxy groups -OCH3 is 1. The zero-order valence-electron chi connectivity index (χ0n) is 12.7. The molecule has 0 saturated carbocycles. The molecule has 2 aromatic carbocycles. The normalized spacial score (nSPS) is 10.5. The van der Waals surface area contributed by atoms with Crippen molar-refractivity contribution in [3.8, 4) is 0 Å². The fraction of sp³-hybridized carbons (Fsp3) is 0.118. The van der Waals surface area contributed by atoms with Crippen LogP contribution >= 0.6 is 0 Å². The molecular weight excluding hydrogens is 294 g/mol. The first-order chi connectivity index (χ1) is 11.1. The average molecular weight is 309 g/mol. The molecule has 2 N–H and O–H groups in total. The van der Waals surface area contributed by atoms with Crippen LogP contribution in [0.3, 0.4) is 0 Å². The molecule has 1 aromatic heterocycles. The number of nitrogens with zero attached hydrogens (tertiary/aromatic N) is 1. The Morgan fingerprint density at radius 2 is 1.87 bits per heavy atom. The number of hydrogen-bond donors (Lipinski definition) is 2. The molecule has 0 aliphatic rings. The van der Waals surface area contributed by atoms with Gasteiger partial charge in [-0.3, -0.25) is 9.89 Å². The number of ether oxygens (including phenoxy) is 1. The summed E-state index contributed by atoms with van der Waals surface area (Å²) in [6, 6.07) is 12.5. The smallest absolute Gasteiger partial charge is 0.359 e. The SMILES string of the molecule is COC(=O)c1n[nH]c2ccc(NC(=O)c3ccc(C)cc3)cc12. The van der Waals surface area contributed by atoms with Gasteiger partial charge in [-0.15, -0.1) is 0 Å². The minimum Gasteiger partial charge on any atom is -0.464 e. The molecule has 23 heavy (non-hydrogen) atoms. The number of fused-ring (bicyclic) bond motifs is 1. The first kappa shape index (κ1) is 14.8. The second-order valence-corrected chi connectivity index (χ2v) is 5.14. The molecular formula is C17H15N3O3. The summed E-state index contributed by atoms with van der Waals surface area (Å²) in [7, 11) is 1.30. The fourth-order valence-corrected chi connectivity index (χ4v) is 2.25. The number of aromatic amines is 1. The van der Waals surface area contributed by atoms with E-state index in [0.717, 1.165) is 5.56 Å². The van der Waals surface area contributed by atoms with Crippen LogP contribution < -0.4 is 5.32 Å². The Morgan fingerprint density at radius 3 is 2.57 bits per heavy atom. The van der Waals surface area contributed by atoms with E-state index >= 15 is 0 Å². The van der Waals surface area contributed by atoms with Gasteiger partial charge in [0.15, 0.2) is 5.69 Å². The van der Waals surface area contributed by atoms with Crippen LogP contribution in [-0.4, -0.2) is 29.2 Å². The predicted molar refractivity (Wildman–Crippen MR) is 86.6 cm³/mol. The minimum atomic E-state index is -0.529. The van der Waals surface area contributed by atoms with Crippen molar-refractivity contribution < 1.29 is 14.3 Å². The lowest BCUT2D eigenvalue weighted by Crippen LogP contribution is -2.11. The van der Waals surface area contributed by atoms with Crippen LogP contribution in [0.15, 0.2) is 42.5 Å². The first-order valence-corrected chi connectivity index (χ1v) is 7.03. The van der Waals surface area contributed by atoms with E-state index < -0.39 is 5.97 Å². The van der Waals surface area contributed by atoms with Crippen LogP contribution in [-0.2, 0) is 4.74 Å². The number of benzene rings is 2. The highest BCUT2D eigenvalue weighted by Gasteiger charge is 2.15. The maximum absolute atomic E-state index is 12.2. The highest BCUT2D eigenvalue weighted by Crippen LogP contribution is 2.21. The largest absolute Gasteiger partial charge is 0.464 e. The van der Waals surface area contributed by atoms with Crippen LogP contribution in [0, 0.1) is 6.92 Å². The van der Waals surface area contributed by atoms with Gasteiger partial charge in [-0.05, 0) is 37.3 Å². The molecule has 0 saturated heterocycles. The Morgan fingerprint density at radius 1 is 1.13 bits per heavy atom. The van der Waals surface area contributed by atoms with Crippen molar-refractivity contribution in [1.82, 2.24) is 10.2 Å². The third-order valence-electron chi connectivity index (χ3n) is 3.51. The van der Waals surface area contributed by atoms with Crippen molar-refractivity contribution in [2.45, 2.75) is 6.92 Å². The van der Waals surface area contributed by atoms with Gasteiger partial charge in [0.1, 0.15) is 0 Å². The van der Waals surface area contributed by atoms with E-state index in [-0.39, 0.29) is 11.6 Å². The summed E-state index contributed by atoms with van der Waals surface area (Å²) in [4.78, 5) is 23.9. The molecule has 0 fully saturated rings. The lowest BCUT2D eigenvalue weighted by Gasteiger charge is -2.06. The second-order valence-electron chi connectivity index (χ2n) is 5.14. The minimum absolute atomic E-state index is 0.189. The van der Waals surface area contributed by atoms with Crippen molar-refractivity contribution in [3.05, 3.63) is 59.3 Å². The lowest BCUT2D eigenvalue weighted by molar-refractivity contribution is 0.0596. The Hall–Kier alpha value is -3.15. The number of amides is 1. The Kier molecular flexibility index (Phi) is 3.80. The van der Waals surface area contributed by atoms with Gasteiger partial charge in [0, 0.05) is 16.6 Å². The Labute approximate surface area is 132 Å². The zero-order valence-corrected chi connectivity index (χ0v) is 12.7. The summed E-state index contributed by atoms with van der Waals surface area (Å²) in [5, 5.41) is 10.1. The summed E-state index contributed by atoms with van der Waals surface area (Å²) in [5.74, 6) is -0.745. The molecule has 0 aliphatic heterocycles. The number of hydrogen-bond acceptors (Lipinski definition) is 4. The van der Waals surface area contributed by atoms with Crippen LogP contribution in [0.2, 0.25) is 0 Å². The molecule has 0 aliphatic carbocycles. The van der Waals surface area contributed by atoms with Gasteiger partial charge >= 0.3 is 5.97 Å². The Bertz CT molecular complexity index is 882. The number of aryl methyl sites for hydroxylation is 1. The second kappa shape index (κ2) is 5.92. The molecule has 0 unspecified atom stereocenters. The third kappa shape index (κ3) is 2.91. The van der Waals surface area contributed by atoms with E-state index in [4.69, 9.17) is 4.74 Å². The lowest BCUT2D eigenvalue weighted by atomic mass is 10.1. The summed E-state index contributed by atoms with van der Waals surface area (Å²) in [5.41, 5.74) is 3.11. The standard InChI is InChI=1S/C17H15N3O3/c1-10-3-5-11(6-4-10)16(21)18-12-7-8-14-13(9-12)15(20-19-14)17(22)23-2/h3-9H,1-2H3,(H,18,21)(H,19,20). The molecule has 3 aromatic rings. The number of esters is 1. The molecule has 0 bridgehead atoms. The van der Waals surface area contributed by atoms with E-state index in [1.807, 2.05) is 19.1 Å². The fourth-order valence-electron chi connectivity index (χ4n) is 2.25. The third-order valence-corrected chi connectivity index (χ3v) is 3.51. The van der Waals surface area contributed by atoms with Crippen LogP contribution in [0.25, 0.3) is 10.9 Å². The number of nitrogens with one attached hydrogen (secondary N) is 2. The molecule has 0 radical (unpaired) electrons. The first-order valence-electron chi connectivity index (χ1n) is 7.03. The van der Waals surface area contributed by atoms with Crippen LogP contribution in [0.4, 0.5) is 5.69 Å². The van der Waals surface area contributed by atoms with E-state index in [0.29, 0.717) is 22.2 Å². The van der Waals surface area contributed by atoms with Gasteiger partial charge < -0.3 is 10.1 Å². The average Bonchev–Trinajstić information content (AvgIpc) is 2.98. The van der Waals surface area contributed by atoms with Gasteiger partial charge in [0.25, 0.3) is 5.91 Å². The number of anilines is 1. The Balaban J connectivity index is 1.89. The summed E-state index contributed by atoms with van der Waals surface area (Å²) in [6.45, 7) is 1.96. The van der Waals surface area contributed by atoms with E-state index in [2.05, 4.69) is 15.5 Å². The quantitative estimate of drug-likeness (QED) is 0.729. The molecule has 3 rings (SSSR count). The zero-order chi connectivity index (χ0) is 16.4. The van der Waals surface area contributed by atoms with Gasteiger partial charge in [0.2, 0.25) is 0 Å². The van der Waals surface area contributed by atoms with E-state index in [1.165, 1.54) is 7.11 Å². The van der Waals surface area contributed by atoms with Gasteiger partial charge in [-0.25, -0.2) is 4.79 Å². The maximum atomic E-state index is 12.2.